The zero-order valence-electron chi connectivity index (χ0n) is 14.2. The van der Waals surface area contributed by atoms with E-state index in [0.29, 0.717) is 16.8 Å². The molecular formula is C18H17N5O2. The summed E-state index contributed by atoms with van der Waals surface area (Å²) in [6.45, 7) is 6.19. The Kier molecular flexibility index (Phi) is 3.49. The van der Waals surface area contributed by atoms with Crippen molar-refractivity contribution in [2.75, 3.05) is 0 Å². The smallest absolute Gasteiger partial charge is 0.264 e. The molecule has 4 rings (SSSR count). The van der Waals surface area contributed by atoms with E-state index in [1.165, 1.54) is 10.9 Å². The van der Waals surface area contributed by atoms with Gasteiger partial charge in [-0.15, -0.1) is 0 Å². The highest BCUT2D eigenvalue weighted by Crippen LogP contribution is 2.17. The predicted octanol–water partition coefficient (Wildman–Crippen LogP) is 2.54. The van der Waals surface area contributed by atoms with E-state index in [2.05, 4.69) is 21.3 Å². The molecule has 7 heteroatoms. The van der Waals surface area contributed by atoms with Gasteiger partial charge in [-0.25, -0.2) is 9.67 Å². The van der Waals surface area contributed by atoms with Crippen molar-refractivity contribution in [1.82, 2.24) is 24.5 Å². The van der Waals surface area contributed by atoms with Crippen LogP contribution in [0.2, 0.25) is 0 Å². The first-order chi connectivity index (χ1) is 12.0. The van der Waals surface area contributed by atoms with Gasteiger partial charge in [0.25, 0.3) is 5.56 Å². The molecule has 1 aromatic carbocycles. The van der Waals surface area contributed by atoms with Crippen LogP contribution in [0, 0.1) is 20.8 Å². The summed E-state index contributed by atoms with van der Waals surface area (Å²) < 4.78 is 8.37. The molecule has 0 unspecified atom stereocenters. The zero-order chi connectivity index (χ0) is 17.6. The summed E-state index contributed by atoms with van der Waals surface area (Å²) in [5.74, 6) is 0.613. The van der Waals surface area contributed by atoms with Crippen LogP contribution in [0.4, 0.5) is 0 Å². The Hall–Kier alpha value is -3.22. The van der Waals surface area contributed by atoms with E-state index in [9.17, 15) is 4.79 Å². The molecule has 4 aromatic rings. The molecule has 3 heterocycles. The van der Waals surface area contributed by atoms with Crippen LogP contribution < -0.4 is 5.56 Å². The highest BCUT2D eigenvalue weighted by atomic mass is 16.5. The third-order valence-electron chi connectivity index (χ3n) is 4.01. The molecular weight excluding hydrogens is 318 g/mol. The van der Waals surface area contributed by atoms with E-state index >= 15 is 0 Å². The Morgan fingerprint density at radius 2 is 1.84 bits per heavy atom. The standard InChI is InChI=1S/C18H17N5O2/c1-11-4-12(2)6-14(5-11)23-17-16(8-20-23)18(24)22(10-19-17)9-15-7-13(3)21-25-15/h4-8,10H,9H2,1-3H3. The summed E-state index contributed by atoms with van der Waals surface area (Å²) in [7, 11) is 0. The van der Waals surface area contributed by atoms with Gasteiger partial charge in [0.05, 0.1) is 24.1 Å². The summed E-state index contributed by atoms with van der Waals surface area (Å²) in [6.07, 6.45) is 3.08. The number of benzene rings is 1. The highest BCUT2D eigenvalue weighted by Gasteiger charge is 2.13. The maximum atomic E-state index is 12.7. The van der Waals surface area contributed by atoms with Crippen molar-refractivity contribution in [2.45, 2.75) is 27.3 Å². The van der Waals surface area contributed by atoms with Crippen LogP contribution >= 0.6 is 0 Å². The molecule has 0 spiro atoms. The Morgan fingerprint density at radius 3 is 2.52 bits per heavy atom. The van der Waals surface area contributed by atoms with Crippen molar-refractivity contribution in [2.24, 2.45) is 0 Å². The average molecular weight is 335 g/mol. The van der Waals surface area contributed by atoms with E-state index in [0.717, 1.165) is 22.5 Å². The fourth-order valence-electron chi connectivity index (χ4n) is 2.98. The number of fused-ring (bicyclic) bond motifs is 1. The Bertz CT molecular complexity index is 1120. The second-order valence-electron chi connectivity index (χ2n) is 6.25. The largest absolute Gasteiger partial charge is 0.359 e. The summed E-state index contributed by atoms with van der Waals surface area (Å²) in [5.41, 5.74) is 4.32. The van der Waals surface area contributed by atoms with Crippen molar-refractivity contribution < 1.29 is 4.52 Å². The average Bonchev–Trinajstić information content (AvgIpc) is 3.16. The minimum Gasteiger partial charge on any atom is -0.359 e. The molecule has 0 N–H and O–H groups in total. The molecule has 0 aliphatic rings. The zero-order valence-corrected chi connectivity index (χ0v) is 14.2. The molecule has 126 valence electrons. The van der Waals surface area contributed by atoms with Crippen molar-refractivity contribution in [3.8, 4) is 5.69 Å². The lowest BCUT2D eigenvalue weighted by Crippen LogP contribution is -2.20. The van der Waals surface area contributed by atoms with E-state index in [1.54, 1.807) is 16.9 Å². The number of aromatic nitrogens is 5. The third kappa shape index (κ3) is 2.73. The summed E-state index contributed by atoms with van der Waals surface area (Å²) in [5, 5.41) is 8.67. The van der Waals surface area contributed by atoms with E-state index in [4.69, 9.17) is 4.52 Å². The number of aryl methyl sites for hydroxylation is 3. The van der Waals surface area contributed by atoms with Crippen LogP contribution in [0.3, 0.4) is 0 Å². The quantitative estimate of drug-likeness (QED) is 0.575. The van der Waals surface area contributed by atoms with Crippen LogP contribution in [0.15, 0.2) is 46.1 Å². The molecule has 0 fully saturated rings. The minimum atomic E-state index is -0.158. The lowest BCUT2D eigenvalue weighted by molar-refractivity contribution is 0.371. The number of hydrogen-bond donors (Lipinski definition) is 0. The molecule has 0 amide bonds. The molecule has 0 saturated carbocycles. The predicted molar refractivity (Wildman–Crippen MR) is 92.9 cm³/mol. The fraction of sp³-hybridized carbons (Fsp3) is 0.222. The SMILES string of the molecule is Cc1cc(C)cc(-n2ncc3c(=O)n(Cc4cc(C)no4)cnc32)c1. The minimum absolute atomic E-state index is 0.158. The van der Waals surface area contributed by atoms with Crippen molar-refractivity contribution in [3.05, 3.63) is 69.7 Å². The van der Waals surface area contributed by atoms with Crippen LogP contribution in [0.25, 0.3) is 16.7 Å². The number of nitrogens with zero attached hydrogens (tertiary/aromatic N) is 5. The van der Waals surface area contributed by atoms with Crippen LogP contribution in [-0.2, 0) is 6.54 Å². The van der Waals surface area contributed by atoms with E-state index < -0.39 is 0 Å². The molecule has 0 atom stereocenters. The number of rotatable bonds is 3. The monoisotopic (exact) mass is 335 g/mol. The van der Waals surface area contributed by atoms with Crippen LogP contribution in [0.5, 0.6) is 0 Å². The molecule has 0 saturated heterocycles. The van der Waals surface area contributed by atoms with Crippen molar-refractivity contribution >= 4 is 11.0 Å². The lowest BCUT2D eigenvalue weighted by atomic mass is 10.1. The third-order valence-corrected chi connectivity index (χ3v) is 4.01. The summed E-state index contributed by atoms with van der Waals surface area (Å²) in [4.78, 5) is 17.2. The Labute approximate surface area is 143 Å². The molecule has 0 radical (unpaired) electrons. The topological polar surface area (TPSA) is 78.7 Å². The molecule has 25 heavy (non-hydrogen) atoms. The first-order valence-electron chi connectivity index (χ1n) is 7.95. The molecule has 0 aliphatic carbocycles. The van der Waals surface area contributed by atoms with Gasteiger partial charge in [-0.2, -0.15) is 5.10 Å². The molecule has 7 nitrogen and oxygen atoms in total. The van der Waals surface area contributed by atoms with Gasteiger partial charge in [0, 0.05) is 6.07 Å². The Balaban J connectivity index is 1.80. The molecule has 0 bridgehead atoms. The highest BCUT2D eigenvalue weighted by molar-refractivity contribution is 5.75. The van der Waals surface area contributed by atoms with Gasteiger partial charge in [0.1, 0.15) is 11.7 Å². The number of hydrogen-bond acceptors (Lipinski definition) is 5. The van der Waals surface area contributed by atoms with Gasteiger partial charge in [-0.05, 0) is 44.0 Å². The van der Waals surface area contributed by atoms with Crippen LogP contribution in [-0.4, -0.2) is 24.5 Å². The van der Waals surface area contributed by atoms with Gasteiger partial charge in [-0.1, -0.05) is 11.2 Å². The van der Waals surface area contributed by atoms with Gasteiger partial charge in [0.15, 0.2) is 11.4 Å². The normalized spacial score (nSPS) is 11.3. The maximum Gasteiger partial charge on any atom is 0.264 e. The second-order valence-corrected chi connectivity index (χ2v) is 6.25. The second kappa shape index (κ2) is 5.70. The van der Waals surface area contributed by atoms with Gasteiger partial charge >= 0.3 is 0 Å². The van der Waals surface area contributed by atoms with Gasteiger partial charge < -0.3 is 4.52 Å². The molecule has 3 aromatic heterocycles. The lowest BCUT2D eigenvalue weighted by Gasteiger charge is -2.07. The van der Waals surface area contributed by atoms with E-state index in [1.807, 2.05) is 32.9 Å². The van der Waals surface area contributed by atoms with Crippen molar-refractivity contribution in [3.63, 3.8) is 0 Å². The van der Waals surface area contributed by atoms with E-state index in [-0.39, 0.29) is 12.1 Å². The summed E-state index contributed by atoms with van der Waals surface area (Å²) >= 11 is 0. The Morgan fingerprint density at radius 1 is 1.08 bits per heavy atom. The van der Waals surface area contributed by atoms with Gasteiger partial charge in [0.2, 0.25) is 0 Å². The first-order valence-corrected chi connectivity index (χ1v) is 7.95. The summed E-state index contributed by atoms with van der Waals surface area (Å²) in [6, 6.07) is 7.93. The maximum absolute atomic E-state index is 12.7. The fourth-order valence-corrected chi connectivity index (χ4v) is 2.98. The molecule has 0 aliphatic heterocycles. The van der Waals surface area contributed by atoms with Crippen LogP contribution in [0.1, 0.15) is 22.6 Å². The van der Waals surface area contributed by atoms with Gasteiger partial charge in [-0.3, -0.25) is 9.36 Å². The first kappa shape index (κ1) is 15.3. The van der Waals surface area contributed by atoms with Crippen molar-refractivity contribution in [1.29, 1.82) is 0 Å².